The number of aryl methyl sites for hydroxylation is 1. The quantitative estimate of drug-likeness (QED) is 0.364. The van der Waals surface area contributed by atoms with Crippen molar-refractivity contribution in [3.05, 3.63) is 72.5 Å². The van der Waals surface area contributed by atoms with E-state index in [1.807, 2.05) is 6.92 Å². The van der Waals surface area contributed by atoms with Gasteiger partial charge in [0.25, 0.3) is 0 Å². The lowest BCUT2D eigenvalue weighted by Gasteiger charge is -2.18. The predicted molar refractivity (Wildman–Crippen MR) is 125 cm³/mol. The van der Waals surface area contributed by atoms with Crippen molar-refractivity contribution in [3.63, 3.8) is 0 Å². The van der Waals surface area contributed by atoms with Gasteiger partial charge in [-0.3, -0.25) is 0 Å². The smallest absolute Gasteiger partial charge is 0.133 e. The highest BCUT2D eigenvalue weighted by atomic mass is 16.5. The summed E-state index contributed by atoms with van der Waals surface area (Å²) in [7, 11) is 0. The minimum Gasteiger partial charge on any atom is -0.486 e. The summed E-state index contributed by atoms with van der Waals surface area (Å²) in [4.78, 5) is 16.0. The van der Waals surface area contributed by atoms with Gasteiger partial charge >= 0.3 is 0 Å². The van der Waals surface area contributed by atoms with Crippen molar-refractivity contribution in [2.75, 3.05) is 0 Å². The van der Waals surface area contributed by atoms with E-state index in [0.29, 0.717) is 6.61 Å². The molecule has 0 saturated heterocycles. The summed E-state index contributed by atoms with van der Waals surface area (Å²) in [6.45, 7) is 8.64. The zero-order valence-corrected chi connectivity index (χ0v) is 17.5. The first-order valence-corrected chi connectivity index (χ1v) is 10.5. The molecule has 0 bridgehead atoms. The SMILES string of the molecule is C=C(CC)c1nc2c([nH]1)-c1ccc(-c3ccc4c(ccc5nc(C)[nH]c54)c3)cc1OC2. The van der Waals surface area contributed by atoms with Crippen LogP contribution in [0.15, 0.2) is 55.1 Å². The number of nitrogens with one attached hydrogen (secondary N) is 2. The van der Waals surface area contributed by atoms with Crippen LogP contribution in [0.2, 0.25) is 0 Å². The number of hydrogen-bond acceptors (Lipinski definition) is 3. The summed E-state index contributed by atoms with van der Waals surface area (Å²) in [5.41, 5.74) is 8.40. The second kappa shape index (κ2) is 6.57. The third-order valence-corrected chi connectivity index (χ3v) is 6.08. The lowest BCUT2D eigenvalue weighted by Crippen LogP contribution is -2.05. The summed E-state index contributed by atoms with van der Waals surface area (Å²) in [6.07, 6.45) is 0.866. The van der Waals surface area contributed by atoms with E-state index < -0.39 is 0 Å². The molecule has 3 aromatic carbocycles. The zero-order chi connectivity index (χ0) is 21.1. The molecule has 5 aromatic rings. The molecule has 0 aliphatic carbocycles. The number of aromatic nitrogens is 4. The van der Waals surface area contributed by atoms with Crippen molar-refractivity contribution in [3.8, 4) is 28.1 Å². The Morgan fingerprint density at radius 1 is 1.03 bits per heavy atom. The molecule has 1 aliphatic rings. The van der Waals surface area contributed by atoms with E-state index in [4.69, 9.17) is 4.74 Å². The van der Waals surface area contributed by atoms with Gasteiger partial charge in [-0.2, -0.15) is 0 Å². The molecular weight excluding hydrogens is 384 g/mol. The zero-order valence-electron chi connectivity index (χ0n) is 17.5. The van der Waals surface area contributed by atoms with Crippen LogP contribution in [-0.2, 0) is 6.61 Å². The Balaban J connectivity index is 1.42. The fraction of sp³-hybridized carbons (Fsp3) is 0.154. The van der Waals surface area contributed by atoms with Gasteiger partial charge in [-0.05, 0) is 59.7 Å². The molecule has 31 heavy (non-hydrogen) atoms. The summed E-state index contributed by atoms with van der Waals surface area (Å²) in [6, 6.07) is 17.1. The molecular formula is C26H22N4O. The Labute approximate surface area is 179 Å². The van der Waals surface area contributed by atoms with Gasteiger partial charge in [0.1, 0.15) is 29.7 Å². The molecule has 0 fully saturated rings. The Morgan fingerprint density at radius 2 is 1.87 bits per heavy atom. The van der Waals surface area contributed by atoms with Gasteiger partial charge in [0.15, 0.2) is 0 Å². The first kappa shape index (κ1) is 18.0. The maximum atomic E-state index is 6.06. The Hall–Kier alpha value is -3.86. The van der Waals surface area contributed by atoms with Crippen LogP contribution in [0.3, 0.4) is 0 Å². The molecule has 1 aliphatic heterocycles. The van der Waals surface area contributed by atoms with Gasteiger partial charge in [-0.25, -0.2) is 9.97 Å². The first-order valence-electron chi connectivity index (χ1n) is 10.5. The van der Waals surface area contributed by atoms with Crippen LogP contribution < -0.4 is 4.74 Å². The normalized spacial score (nSPS) is 12.6. The fourth-order valence-corrected chi connectivity index (χ4v) is 4.36. The molecule has 5 nitrogen and oxygen atoms in total. The molecule has 0 unspecified atom stereocenters. The standard InChI is InChI=1S/C26H22N4O/c1-4-14(2)26-29-22-13-31-23-12-17(6-9-20(23)25(22)30-26)16-5-8-19-18(11-16)7-10-21-24(19)28-15(3)27-21/h5-12H,2,4,13H2,1,3H3,(H,27,28)(H,29,30). The lowest BCUT2D eigenvalue weighted by atomic mass is 9.97. The van der Waals surface area contributed by atoms with Crippen molar-refractivity contribution in [2.45, 2.75) is 26.9 Å². The first-order chi connectivity index (χ1) is 15.1. The fourth-order valence-electron chi connectivity index (χ4n) is 4.36. The summed E-state index contributed by atoms with van der Waals surface area (Å²) in [5, 5.41) is 2.37. The third-order valence-electron chi connectivity index (χ3n) is 6.08. The van der Waals surface area contributed by atoms with Gasteiger partial charge in [0, 0.05) is 10.9 Å². The molecule has 2 N–H and O–H groups in total. The van der Waals surface area contributed by atoms with E-state index in [0.717, 1.165) is 68.5 Å². The number of rotatable bonds is 3. The summed E-state index contributed by atoms with van der Waals surface area (Å²) in [5.74, 6) is 2.66. The number of hydrogen-bond donors (Lipinski definition) is 2. The minimum atomic E-state index is 0.466. The van der Waals surface area contributed by atoms with Crippen molar-refractivity contribution in [2.24, 2.45) is 0 Å². The number of fused-ring (bicyclic) bond motifs is 6. The molecule has 0 spiro atoms. The number of benzene rings is 3. The van der Waals surface area contributed by atoms with E-state index in [2.05, 4.69) is 82.0 Å². The van der Waals surface area contributed by atoms with Gasteiger partial charge in [-0.1, -0.05) is 37.8 Å². The Bertz CT molecular complexity index is 1510. The average Bonchev–Trinajstić information content (AvgIpc) is 3.40. The lowest BCUT2D eigenvalue weighted by molar-refractivity contribution is 0.298. The van der Waals surface area contributed by atoms with Crippen LogP contribution in [0.25, 0.3) is 49.8 Å². The minimum absolute atomic E-state index is 0.466. The van der Waals surface area contributed by atoms with Gasteiger partial charge in [-0.15, -0.1) is 0 Å². The average molecular weight is 406 g/mol. The van der Waals surface area contributed by atoms with Crippen LogP contribution in [0.4, 0.5) is 0 Å². The number of ether oxygens (including phenoxy) is 1. The van der Waals surface area contributed by atoms with Crippen LogP contribution in [-0.4, -0.2) is 19.9 Å². The van der Waals surface area contributed by atoms with Gasteiger partial charge in [0.05, 0.1) is 16.7 Å². The van der Waals surface area contributed by atoms with E-state index in [1.54, 1.807) is 0 Å². The predicted octanol–water partition coefficient (Wildman–Crippen LogP) is 6.40. The number of H-pyrrole nitrogens is 2. The summed E-state index contributed by atoms with van der Waals surface area (Å²) < 4.78 is 6.06. The van der Waals surface area contributed by atoms with E-state index in [9.17, 15) is 0 Å². The molecule has 2 aromatic heterocycles. The van der Waals surface area contributed by atoms with E-state index in [1.165, 1.54) is 10.8 Å². The van der Waals surface area contributed by atoms with Gasteiger partial charge in [0.2, 0.25) is 0 Å². The second-order valence-corrected chi connectivity index (χ2v) is 8.08. The Kier molecular flexibility index (Phi) is 3.81. The third kappa shape index (κ3) is 2.77. The maximum Gasteiger partial charge on any atom is 0.133 e. The molecule has 6 rings (SSSR count). The van der Waals surface area contributed by atoms with Crippen LogP contribution >= 0.6 is 0 Å². The number of nitrogens with zero attached hydrogens (tertiary/aromatic N) is 2. The topological polar surface area (TPSA) is 66.6 Å². The molecule has 0 saturated carbocycles. The van der Waals surface area contributed by atoms with Gasteiger partial charge < -0.3 is 14.7 Å². The summed E-state index contributed by atoms with van der Waals surface area (Å²) >= 11 is 0. The highest BCUT2D eigenvalue weighted by molar-refractivity contribution is 6.05. The van der Waals surface area contributed by atoms with Crippen LogP contribution in [0.5, 0.6) is 5.75 Å². The van der Waals surface area contributed by atoms with Crippen molar-refractivity contribution < 1.29 is 4.74 Å². The molecule has 152 valence electrons. The molecule has 0 atom stereocenters. The van der Waals surface area contributed by atoms with E-state index in [-0.39, 0.29) is 0 Å². The monoisotopic (exact) mass is 406 g/mol. The highest BCUT2D eigenvalue weighted by Gasteiger charge is 2.22. The number of allylic oxidation sites excluding steroid dienone is 1. The van der Waals surface area contributed by atoms with Crippen molar-refractivity contribution >= 4 is 27.4 Å². The Morgan fingerprint density at radius 3 is 2.74 bits per heavy atom. The van der Waals surface area contributed by atoms with Crippen molar-refractivity contribution in [1.82, 2.24) is 19.9 Å². The number of aromatic amines is 2. The largest absolute Gasteiger partial charge is 0.486 e. The number of imidazole rings is 2. The molecule has 0 amide bonds. The van der Waals surface area contributed by atoms with Crippen molar-refractivity contribution in [1.29, 1.82) is 0 Å². The maximum absolute atomic E-state index is 6.06. The molecule has 5 heteroatoms. The van der Waals surface area contributed by atoms with Crippen LogP contribution in [0.1, 0.15) is 30.7 Å². The molecule has 0 radical (unpaired) electrons. The second-order valence-electron chi connectivity index (χ2n) is 8.08. The molecule has 3 heterocycles. The van der Waals surface area contributed by atoms with E-state index >= 15 is 0 Å². The highest BCUT2D eigenvalue weighted by Crippen LogP contribution is 2.40. The van der Waals surface area contributed by atoms with Crippen LogP contribution in [0, 0.1) is 6.92 Å².